The summed E-state index contributed by atoms with van der Waals surface area (Å²) in [6, 6.07) is 0. The lowest BCUT2D eigenvalue weighted by Gasteiger charge is -2.12. The molecule has 66 valence electrons. The molecule has 1 atom stereocenters. The van der Waals surface area contributed by atoms with E-state index in [9.17, 15) is 0 Å². The largest absolute Gasteiger partial charge is 0.347 e. The summed E-state index contributed by atoms with van der Waals surface area (Å²) in [7, 11) is 0. The number of anilines is 1. The number of hydrogen-bond donors (Lipinski definition) is 0. The van der Waals surface area contributed by atoms with Gasteiger partial charge in [0, 0.05) is 18.5 Å². The first-order valence-corrected chi connectivity index (χ1v) is 5.38. The lowest BCUT2D eigenvalue weighted by Crippen LogP contribution is -2.19. The lowest BCUT2D eigenvalue weighted by atomic mass is 10.4. The van der Waals surface area contributed by atoms with Crippen LogP contribution in [-0.2, 0) is 0 Å². The zero-order valence-corrected chi connectivity index (χ0v) is 8.53. The Morgan fingerprint density at radius 1 is 1.75 bits per heavy atom. The Morgan fingerprint density at radius 2 is 2.58 bits per heavy atom. The zero-order chi connectivity index (χ0) is 8.55. The number of rotatable bonds is 1. The van der Waals surface area contributed by atoms with Crippen molar-refractivity contribution in [1.29, 1.82) is 0 Å². The molecule has 1 unspecified atom stereocenters. The summed E-state index contributed by atoms with van der Waals surface area (Å²) in [5.74, 6) is 0. The highest BCUT2D eigenvalue weighted by atomic mass is 35.5. The van der Waals surface area contributed by atoms with E-state index in [1.807, 2.05) is 6.92 Å². The molecule has 0 spiro atoms. The number of alkyl halides is 1. The molecule has 0 N–H and O–H groups in total. The van der Waals surface area contributed by atoms with Gasteiger partial charge < -0.3 is 4.90 Å². The van der Waals surface area contributed by atoms with Crippen LogP contribution >= 0.6 is 22.9 Å². The van der Waals surface area contributed by atoms with Crippen molar-refractivity contribution < 1.29 is 0 Å². The van der Waals surface area contributed by atoms with E-state index in [0.29, 0.717) is 5.38 Å². The van der Waals surface area contributed by atoms with Crippen LogP contribution < -0.4 is 4.90 Å². The van der Waals surface area contributed by atoms with E-state index in [0.717, 1.165) is 30.3 Å². The minimum absolute atomic E-state index is 0.314. The van der Waals surface area contributed by atoms with Crippen molar-refractivity contribution >= 4 is 28.1 Å². The van der Waals surface area contributed by atoms with E-state index < -0.39 is 0 Å². The predicted molar refractivity (Wildman–Crippen MR) is 53.3 cm³/mol. The SMILES string of the molecule is Cc1csc(N2CCC(Cl)C2)n1. The fourth-order valence-electron chi connectivity index (χ4n) is 1.38. The van der Waals surface area contributed by atoms with Gasteiger partial charge in [-0.3, -0.25) is 0 Å². The van der Waals surface area contributed by atoms with E-state index in [1.54, 1.807) is 11.3 Å². The summed E-state index contributed by atoms with van der Waals surface area (Å²) in [5.41, 5.74) is 1.10. The van der Waals surface area contributed by atoms with E-state index >= 15 is 0 Å². The highest BCUT2D eigenvalue weighted by molar-refractivity contribution is 7.13. The van der Waals surface area contributed by atoms with Crippen molar-refractivity contribution in [3.8, 4) is 0 Å². The first-order valence-electron chi connectivity index (χ1n) is 4.07. The van der Waals surface area contributed by atoms with Crippen LogP contribution in [0.15, 0.2) is 5.38 Å². The third-order valence-corrected chi connectivity index (χ3v) is 3.38. The molecule has 1 aromatic heterocycles. The molecule has 1 aliphatic heterocycles. The van der Waals surface area contributed by atoms with Gasteiger partial charge in [0.25, 0.3) is 0 Å². The minimum Gasteiger partial charge on any atom is -0.347 e. The van der Waals surface area contributed by atoms with Crippen molar-refractivity contribution in [2.45, 2.75) is 18.7 Å². The standard InChI is InChI=1S/C8H11ClN2S/c1-6-5-12-8(10-6)11-3-2-7(9)4-11/h5,7H,2-4H2,1H3. The topological polar surface area (TPSA) is 16.1 Å². The molecule has 2 heterocycles. The molecule has 0 radical (unpaired) electrons. The molecule has 0 saturated carbocycles. The molecular weight excluding hydrogens is 192 g/mol. The number of nitrogens with zero attached hydrogens (tertiary/aromatic N) is 2. The van der Waals surface area contributed by atoms with Gasteiger partial charge in [0.2, 0.25) is 0 Å². The van der Waals surface area contributed by atoms with Gasteiger partial charge in [0.05, 0.1) is 11.1 Å². The van der Waals surface area contributed by atoms with Crippen LogP contribution in [-0.4, -0.2) is 23.5 Å². The maximum Gasteiger partial charge on any atom is 0.185 e. The molecule has 0 aliphatic carbocycles. The number of hydrogen-bond acceptors (Lipinski definition) is 3. The Balaban J connectivity index is 2.11. The summed E-state index contributed by atoms with van der Waals surface area (Å²) in [6.45, 7) is 4.03. The van der Waals surface area contributed by atoms with Crippen LogP contribution in [0.2, 0.25) is 0 Å². The van der Waals surface area contributed by atoms with Gasteiger partial charge in [-0.25, -0.2) is 4.98 Å². The molecule has 1 aliphatic rings. The van der Waals surface area contributed by atoms with E-state index in [2.05, 4.69) is 15.3 Å². The number of thiazole rings is 1. The Kier molecular flexibility index (Phi) is 2.24. The summed E-state index contributed by atoms with van der Waals surface area (Å²) < 4.78 is 0. The monoisotopic (exact) mass is 202 g/mol. The minimum atomic E-state index is 0.314. The second kappa shape index (κ2) is 3.23. The molecule has 0 aromatic carbocycles. The van der Waals surface area contributed by atoms with Crippen LogP contribution in [0.5, 0.6) is 0 Å². The van der Waals surface area contributed by atoms with Crippen molar-refractivity contribution in [3.63, 3.8) is 0 Å². The zero-order valence-electron chi connectivity index (χ0n) is 6.96. The Morgan fingerprint density at radius 3 is 3.08 bits per heavy atom. The van der Waals surface area contributed by atoms with Crippen LogP contribution in [0.4, 0.5) is 5.13 Å². The molecule has 0 amide bonds. The Hall–Kier alpha value is -0.280. The van der Waals surface area contributed by atoms with Gasteiger partial charge in [-0.15, -0.1) is 22.9 Å². The highest BCUT2D eigenvalue weighted by Gasteiger charge is 2.22. The summed E-state index contributed by atoms with van der Waals surface area (Å²) in [4.78, 5) is 6.67. The molecule has 2 rings (SSSR count). The lowest BCUT2D eigenvalue weighted by molar-refractivity contribution is 0.953. The van der Waals surface area contributed by atoms with Crippen LogP contribution in [0.25, 0.3) is 0 Å². The van der Waals surface area contributed by atoms with E-state index in [1.165, 1.54) is 0 Å². The van der Waals surface area contributed by atoms with E-state index in [4.69, 9.17) is 11.6 Å². The average Bonchev–Trinajstić information content (AvgIpc) is 2.58. The molecule has 0 bridgehead atoms. The van der Waals surface area contributed by atoms with Gasteiger partial charge in [-0.2, -0.15) is 0 Å². The van der Waals surface area contributed by atoms with Gasteiger partial charge in [0.15, 0.2) is 5.13 Å². The summed E-state index contributed by atoms with van der Waals surface area (Å²) in [5, 5.41) is 3.52. The van der Waals surface area contributed by atoms with Gasteiger partial charge in [0.1, 0.15) is 0 Å². The normalized spacial score (nSPS) is 23.5. The maximum absolute atomic E-state index is 6.00. The molecule has 1 fully saturated rings. The highest BCUT2D eigenvalue weighted by Crippen LogP contribution is 2.25. The third kappa shape index (κ3) is 1.57. The third-order valence-electron chi connectivity index (χ3n) is 2.01. The van der Waals surface area contributed by atoms with Crippen LogP contribution in [0.1, 0.15) is 12.1 Å². The summed E-state index contributed by atoms with van der Waals surface area (Å²) >= 11 is 7.70. The second-order valence-corrected chi connectivity index (χ2v) is 4.56. The molecule has 1 aromatic rings. The fraction of sp³-hybridized carbons (Fsp3) is 0.625. The number of aromatic nitrogens is 1. The summed E-state index contributed by atoms with van der Waals surface area (Å²) in [6.07, 6.45) is 1.08. The van der Waals surface area contributed by atoms with Gasteiger partial charge in [-0.1, -0.05) is 0 Å². The first-order chi connectivity index (χ1) is 5.75. The molecule has 12 heavy (non-hydrogen) atoms. The number of halogens is 1. The van der Waals surface area contributed by atoms with Crippen molar-refractivity contribution in [2.24, 2.45) is 0 Å². The molecule has 1 saturated heterocycles. The maximum atomic E-state index is 6.00. The predicted octanol–water partition coefficient (Wildman–Crippen LogP) is 2.27. The molecule has 4 heteroatoms. The average molecular weight is 203 g/mol. The van der Waals surface area contributed by atoms with E-state index in [-0.39, 0.29) is 0 Å². The molecule has 2 nitrogen and oxygen atoms in total. The number of aryl methyl sites for hydroxylation is 1. The van der Waals surface area contributed by atoms with Crippen molar-refractivity contribution in [1.82, 2.24) is 4.98 Å². The quantitative estimate of drug-likeness (QED) is 0.650. The van der Waals surface area contributed by atoms with Gasteiger partial charge in [-0.05, 0) is 13.3 Å². The van der Waals surface area contributed by atoms with Gasteiger partial charge >= 0.3 is 0 Å². The van der Waals surface area contributed by atoms with Crippen LogP contribution in [0.3, 0.4) is 0 Å². The molecular formula is C8H11ClN2S. The van der Waals surface area contributed by atoms with Crippen molar-refractivity contribution in [3.05, 3.63) is 11.1 Å². The van der Waals surface area contributed by atoms with Crippen molar-refractivity contribution in [2.75, 3.05) is 18.0 Å². The smallest absolute Gasteiger partial charge is 0.185 e. The second-order valence-electron chi connectivity index (χ2n) is 3.10. The first kappa shape index (κ1) is 8.32. The fourth-order valence-corrected chi connectivity index (χ4v) is 2.48. The Bertz CT molecular complexity index is 274. The van der Waals surface area contributed by atoms with Crippen LogP contribution in [0, 0.1) is 6.92 Å². The Labute approximate surface area is 81.2 Å².